The summed E-state index contributed by atoms with van der Waals surface area (Å²) in [6.07, 6.45) is 0.426. The number of hydrogen-bond acceptors (Lipinski definition) is 3. The number of anilines is 2. The minimum atomic E-state index is -0.137. The molecule has 5 heteroatoms. The molecule has 0 aliphatic heterocycles. The van der Waals surface area contributed by atoms with Crippen LogP contribution >= 0.6 is 0 Å². The zero-order valence-electron chi connectivity index (χ0n) is 12.4. The molecule has 0 fully saturated rings. The molecule has 0 radical (unpaired) electrons. The van der Waals surface area contributed by atoms with Gasteiger partial charge in [0.25, 0.3) is 0 Å². The summed E-state index contributed by atoms with van der Waals surface area (Å²) in [6, 6.07) is 5.41. The molecule has 0 bridgehead atoms. The maximum atomic E-state index is 11.7. The van der Waals surface area contributed by atoms with Crippen LogP contribution in [-0.4, -0.2) is 24.5 Å². The van der Waals surface area contributed by atoms with Crippen molar-refractivity contribution in [3.05, 3.63) is 23.8 Å². The summed E-state index contributed by atoms with van der Waals surface area (Å²) >= 11 is 0. The van der Waals surface area contributed by atoms with Crippen LogP contribution in [-0.2, 0) is 14.3 Å². The Kier molecular flexibility index (Phi) is 6.18. The van der Waals surface area contributed by atoms with Crippen LogP contribution in [0.15, 0.2) is 18.2 Å². The van der Waals surface area contributed by atoms with Crippen LogP contribution in [0, 0.1) is 6.92 Å². The molecule has 20 heavy (non-hydrogen) atoms. The van der Waals surface area contributed by atoms with Crippen molar-refractivity contribution in [1.29, 1.82) is 0 Å². The van der Waals surface area contributed by atoms with Gasteiger partial charge in [-0.3, -0.25) is 9.59 Å². The topological polar surface area (TPSA) is 67.4 Å². The summed E-state index contributed by atoms with van der Waals surface area (Å²) < 4.78 is 5.33. The van der Waals surface area contributed by atoms with Crippen molar-refractivity contribution in [3.8, 4) is 0 Å². The van der Waals surface area contributed by atoms with Crippen molar-refractivity contribution < 1.29 is 14.3 Å². The van der Waals surface area contributed by atoms with E-state index < -0.39 is 0 Å². The maximum Gasteiger partial charge on any atom is 0.226 e. The Bertz CT molecular complexity index is 484. The van der Waals surface area contributed by atoms with Gasteiger partial charge in [0.15, 0.2) is 0 Å². The van der Waals surface area contributed by atoms with E-state index in [-0.39, 0.29) is 17.9 Å². The highest BCUT2D eigenvalue weighted by Crippen LogP contribution is 2.20. The largest absolute Gasteiger partial charge is 0.378 e. The van der Waals surface area contributed by atoms with Crippen LogP contribution in [0.4, 0.5) is 11.4 Å². The lowest BCUT2D eigenvalue weighted by atomic mass is 10.1. The molecule has 2 N–H and O–H groups in total. The molecule has 0 aliphatic carbocycles. The van der Waals surface area contributed by atoms with E-state index in [4.69, 9.17) is 4.74 Å². The Hall–Kier alpha value is -1.88. The molecule has 0 saturated carbocycles. The standard InChI is InChI=1S/C15H22N2O3/c1-10(2)20-8-7-15(19)17-13-6-5-11(3)14(9-13)16-12(4)18/h5-6,9-10H,7-8H2,1-4H3,(H,16,18)(H,17,19). The van der Waals surface area contributed by atoms with E-state index in [0.717, 1.165) is 5.56 Å². The highest BCUT2D eigenvalue weighted by atomic mass is 16.5. The number of carbonyl (C=O) groups is 2. The fourth-order valence-electron chi connectivity index (χ4n) is 1.63. The first-order valence-electron chi connectivity index (χ1n) is 6.68. The molecule has 110 valence electrons. The first-order chi connectivity index (χ1) is 9.38. The second-order valence-electron chi connectivity index (χ2n) is 4.93. The number of ether oxygens (including phenoxy) is 1. The zero-order valence-corrected chi connectivity index (χ0v) is 12.4. The van der Waals surface area contributed by atoms with Crippen molar-refractivity contribution in [1.82, 2.24) is 0 Å². The van der Waals surface area contributed by atoms with Crippen LogP contribution in [0.3, 0.4) is 0 Å². The van der Waals surface area contributed by atoms with E-state index in [1.165, 1.54) is 6.92 Å². The van der Waals surface area contributed by atoms with Crippen LogP contribution in [0.2, 0.25) is 0 Å². The molecule has 5 nitrogen and oxygen atoms in total. The first-order valence-corrected chi connectivity index (χ1v) is 6.68. The lowest BCUT2D eigenvalue weighted by Crippen LogP contribution is -2.16. The number of benzene rings is 1. The first kappa shape index (κ1) is 16.2. The predicted molar refractivity (Wildman–Crippen MR) is 79.8 cm³/mol. The van der Waals surface area contributed by atoms with Crippen molar-refractivity contribution in [2.24, 2.45) is 0 Å². The number of amides is 2. The van der Waals surface area contributed by atoms with E-state index in [1.54, 1.807) is 6.07 Å². The van der Waals surface area contributed by atoms with E-state index in [2.05, 4.69) is 10.6 Å². The summed E-state index contributed by atoms with van der Waals surface area (Å²) in [4.78, 5) is 22.8. The molecule has 0 atom stereocenters. The Balaban J connectivity index is 2.59. The molecule has 0 aliphatic rings. The fraction of sp³-hybridized carbons (Fsp3) is 0.467. The maximum absolute atomic E-state index is 11.7. The third-order valence-electron chi connectivity index (χ3n) is 2.61. The van der Waals surface area contributed by atoms with Crippen LogP contribution in [0.5, 0.6) is 0 Å². The molecule has 0 heterocycles. The summed E-state index contributed by atoms with van der Waals surface area (Å²) in [6.45, 7) is 7.60. The smallest absolute Gasteiger partial charge is 0.226 e. The van der Waals surface area contributed by atoms with Gasteiger partial charge in [-0.25, -0.2) is 0 Å². The third-order valence-corrected chi connectivity index (χ3v) is 2.61. The summed E-state index contributed by atoms with van der Waals surface area (Å²) in [5.74, 6) is -0.245. The molecular formula is C15H22N2O3. The number of nitrogens with one attached hydrogen (secondary N) is 2. The average Bonchev–Trinajstić information content (AvgIpc) is 2.32. The van der Waals surface area contributed by atoms with Crippen molar-refractivity contribution in [3.63, 3.8) is 0 Å². The molecular weight excluding hydrogens is 256 g/mol. The summed E-state index contributed by atoms with van der Waals surface area (Å²) in [7, 11) is 0. The average molecular weight is 278 g/mol. The van der Waals surface area contributed by atoms with Crippen molar-refractivity contribution >= 4 is 23.2 Å². The summed E-state index contributed by atoms with van der Waals surface area (Å²) in [5, 5.41) is 5.52. The molecule has 2 amide bonds. The second kappa shape index (κ2) is 7.65. The number of rotatable bonds is 6. The number of aryl methyl sites for hydroxylation is 1. The van der Waals surface area contributed by atoms with Gasteiger partial charge in [0.1, 0.15) is 0 Å². The molecule has 1 aromatic carbocycles. The highest BCUT2D eigenvalue weighted by molar-refractivity contribution is 5.93. The highest BCUT2D eigenvalue weighted by Gasteiger charge is 2.06. The lowest BCUT2D eigenvalue weighted by Gasteiger charge is -2.11. The lowest BCUT2D eigenvalue weighted by molar-refractivity contribution is -0.117. The van der Waals surface area contributed by atoms with Crippen molar-refractivity contribution in [2.75, 3.05) is 17.2 Å². The Morgan fingerprint density at radius 1 is 1.25 bits per heavy atom. The number of hydrogen-bond donors (Lipinski definition) is 2. The quantitative estimate of drug-likeness (QED) is 0.840. The molecule has 0 aromatic heterocycles. The molecule has 0 spiro atoms. The van der Waals surface area contributed by atoms with Gasteiger partial charge in [-0.05, 0) is 38.5 Å². The van der Waals surface area contributed by atoms with Gasteiger partial charge in [-0.15, -0.1) is 0 Å². The van der Waals surface area contributed by atoms with E-state index >= 15 is 0 Å². The van der Waals surface area contributed by atoms with Crippen LogP contribution in [0.25, 0.3) is 0 Å². The molecule has 0 unspecified atom stereocenters. The second-order valence-corrected chi connectivity index (χ2v) is 4.93. The predicted octanol–water partition coefficient (Wildman–Crippen LogP) is 2.71. The zero-order chi connectivity index (χ0) is 15.1. The molecule has 1 rings (SSSR count). The van der Waals surface area contributed by atoms with Gasteiger partial charge < -0.3 is 15.4 Å². The Labute approximate surface area is 119 Å². The van der Waals surface area contributed by atoms with E-state index in [0.29, 0.717) is 24.4 Å². The van der Waals surface area contributed by atoms with E-state index in [1.807, 2.05) is 32.9 Å². The van der Waals surface area contributed by atoms with Gasteiger partial charge in [0.2, 0.25) is 11.8 Å². The fourth-order valence-corrected chi connectivity index (χ4v) is 1.63. The SMILES string of the molecule is CC(=O)Nc1cc(NC(=O)CCOC(C)C)ccc1C. The van der Waals surface area contributed by atoms with Crippen LogP contribution < -0.4 is 10.6 Å². The van der Waals surface area contributed by atoms with Gasteiger partial charge in [0, 0.05) is 18.3 Å². The Morgan fingerprint density at radius 2 is 1.95 bits per heavy atom. The van der Waals surface area contributed by atoms with Crippen LogP contribution in [0.1, 0.15) is 32.8 Å². The molecule has 1 aromatic rings. The minimum absolute atomic E-state index is 0.108. The monoisotopic (exact) mass is 278 g/mol. The van der Waals surface area contributed by atoms with Gasteiger partial charge in [0.05, 0.1) is 19.1 Å². The normalized spacial score (nSPS) is 10.4. The molecule has 0 saturated heterocycles. The van der Waals surface area contributed by atoms with Gasteiger partial charge in [-0.2, -0.15) is 0 Å². The number of carbonyl (C=O) groups excluding carboxylic acids is 2. The third kappa shape index (κ3) is 5.84. The Morgan fingerprint density at radius 3 is 2.55 bits per heavy atom. The van der Waals surface area contributed by atoms with Gasteiger partial charge >= 0.3 is 0 Å². The minimum Gasteiger partial charge on any atom is -0.378 e. The van der Waals surface area contributed by atoms with Gasteiger partial charge in [-0.1, -0.05) is 6.07 Å². The van der Waals surface area contributed by atoms with Crippen molar-refractivity contribution in [2.45, 2.75) is 40.2 Å². The van der Waals surface area contributed by atoms with E-state index in [9.17, 15) is 9.59 Å². The summed E-state index contributed by atoms with van der Waals surface area (Å²) in [5.41, 5.74) is 2.31.